The number of benzene rings is 1. The number of phenolic OH excluding ortho intramolecular Hbond substituents is 1. The zero-order chi connectivity index (χ0) is 16.0. The molecule has 0 saturated heterocycles. The first kappa shape index (κ1) is 17.5. The quantitative estimate of drug-likeness (QED) is 0.708. The second-order valence-electron chi connectivity index (χ2n) is 6.77. The first-order chi connectivity index (χ1) is 9.77. The third-order valence-corrected chi connectivity index (χ3v) is 3.88. The SMILES string of the molecule is CCCCCCC(C(=O)O)c1ccc(C(C)(C)C)c(O)c1. The van der Waals surface area contributed by atoms with E-state index >= 15 is 0 Å². The molecule has 0 fully saturated rings. The molecule has 3 heteroatoms. The van der Waals surface area contributed by atoms with Crippen LogP contribution in [0.1, 0.15) is 76.8 Å². The molecular formula is C18H28O3. The normalized spacial score (nSPS) is 13.1. The van der Waals surface area contributed by atoms with Gasteiger partial charge in [-0.1, -0.05) is 65.5 Å². The zero-order valence-corrected chi connectivity index (χ0v) is 13.6. The van der Waals surface area contributed by atoms with Crippen LogP contribution in [0.25, 0.3) is 0 Å². The van der Waals surface area contributed by atoms with Crippen molar-refractivity contribution in [1.82, 2.24) is 0 Å². The second kappa shape index (κ2) is 7.48. The first-order valence-corrected chi connectivity index (χ1v) is 7.83. The van der Waals surface area contributed by atoms with E-state index < -0.39 is 11.9 Å². The van der Waals surface area contributed by atoms with Crippen molar-refractivity contribution in [2.24, 2.45) is 0 Å². The molecule has 0 heterocycles. The number of aromatic hydroxyl groups is 1. The highest BCUT2D eigenvalue weighted by Gasteiger charge is 2.23. The fourth-order valence-electron chi connectivity index (χ4n) is 2.61. The topological polar surface area (TPSA) is 57.5 Å². The molecule has 0 bridgehead atoms. The maximum absolute atomic E-state index is 11.5. The fraction of sp³-hybridized carbons (Fsp3) is 0.611. The van der Waals surface area contributed by atoms with Gasteiger partial charge in [-0.3, -0.25) is 4.79 Å². The smallest absolute Gasteiger partial charge is 0.310 e. The molecule has 0 saturated carbocycles. The Morgan fingerprint density at radius 2 is 1.86 bits per heavy atom. The summed E-state index contributed by atoms with van der Waals surface area (Å²) in [5.41, 5.74) is 1.40. The molecule has 21 heavy (non-hydrogen) atoms. The summed E-state index contributed by atoms with van der Waals surface area (Å²) in [4.78, 5) is 11.5. The largest absolute Gasteiger partial charge is 0.508 e. The number of rotatable bonds is 7. The van der Waals surface area contributed by atoms with Gasteiger partial charge in [0.05, 0.1) is 5.92 Å². The number of carboxylic acids is 1. The average molecular weight is 292 g/mol. The molecule has 0 aliphatic carbocycles. The number of unbranched alkanes of at least 4 members (excludes halogenated alkanes) is 3. The summed E-state index contributed by atoms with van der Waals surface area (Å²) in [7, 11) is 0. The minimum atomic E-state index is -0.811. The lowest BCUT2D eigenvalue weighted by atomic mass is 9.84. The van der Waals surface area contributed by atoms with Crippen molar-refractivity contribution in [2.75, 3.05) is 0 Å². The van der Waals surface area contributed by atoms with Crippen molar-refractivity contribution < 1.29 is 15.0 Å². The number of carbonyl (C=O) groups is 1. The number of hydrogen-bond acceptors (Lipinski definition) is 2. The van der Waals surface area contributed by atoms with Gasteiger partial charge < -0.3 is 10.2 Å². The third-order valence-electron chi connectivity index (χ3n) is 3.88. The van der Waals surface area contributed by atoms with Crippen LogP contribution in [0.15, 0.2) is 18.2 Å². The van der Waals surface area contributed by atoms with E-state index in [0.29, 0.717) is 12.0 Å². The van der Waals surface area contributed by atoms with Gasteiger partial charge in [0.25, 0.3) is 0 Å². The lowest BCUT2D eigenvalue weighted by Crippen LogP contribution is -2.14. The van der Waals surface area contributed by atoms with E-state index in [0.717, 1.165) is 31.2 Å². The van der Waals surface area contributed by atoms with E-state index in [1.165, 1.54) is 0 Å². The van der Waals surface area contributed by atoms with Crippen LogP contribution in [0, 0.1) is 0 Å². The predicted octanol–water partition coefficient (Wildman–Crippen LogP) is 4.83. The zero-order valence-electron chi connectivity index (χ0n) is 13.6. The molecule has 1 atom stereocenters. The van der Waals surface area contributed by atoms with Crippen LogP contribution in [-0.2, 0) is 10.2 Å². The Hall–Kier alpha value is -1.51. The highest BCUT2D eigenvalue weighted by molar-refractivity contribution is 5.76. The molecule has 0 spiro atoms. The van der Waals surface area contributed by atoms with Crippen LogP contribution in [0.2, 0.25) is 0 Å². The molecule has 1 unspecified atom stereocenters. The summed E-state index contributed by atoms with van der Waals surface area (Å²) < 4.78 is 0. The molecule has 0 aliphatic rings. The highest BCUT2D eigenvalue weighted by atomic mass is 16.4. The molecule has 1 aromatic carbocycles. The molecule has 0 amide bonds. The number of carboxylic acid groups (broad SMARTS) is 1. The van der Waals surface area contributed by atoms with Gasteiger partial charge in [0.15, 0.2) is 0 Å². The van der Waals surface area contributed by atoms with Gasteiger partial charge in [-0.15, -0.1) is 0 Å². The molecule has 2 N–H and O–H groups in total. The molecule has 1 aromatic rings. The summed E-state index contributed by atoms with van der Waals surface area (Å²) in [5, 5.41) is 19.6. The van der Waals surface area contributed by atoms with Crippen LogP contribution < -0.4 is 0 Å². The number of hydrogen-bond donors (Lipinski definition) is 2. The summed E-state index contributed by atoms with van der Waals surface area (Å²) in [6.07, 6.45) is 4.88. The molecular weight excluding hydrogens is 264 g/mol. The van der Waals surface area contributed by atoms with Crippen molar-refractivity contribution in [2.45, 2.75) is 71.1 Å². The minimum Gasteiger partial charge on any atom is -0.508 e. The van der Waals surface area contributed by atoms with Crippen LogP contribution in [0.4, 0.5) is 0 Å². The number of phenols is 1. The van der Waals surface area contributed by atoms with Crippen molar-refractivity contribution in [3.8, 4) is 5.75 Å². The minimum absolute atomic E-state index is 0.150. The first-order valence-electron chi connectivity index (χ1n) is 7.83. The van der Waals surface area contributed by atoms with Crippen LogP contribution in [0.3, 0.4) is 0 Å². The van der Waals surface area contributed by atoms with Gasteiger partial charge in [0.1, 0.15) is 5.75 Å². The van der Waals surface area contributed by atoms with Crippen molar-refractivity contribution >= 4 is 5.97 Å². The molecule has 0 radical (unpaired) electrons. The van der Waals surface area contributed by atoms with Gasteiger partial charge in [-0.25, -0.2) is 0 Å². The van der Waals surface area contributed by atoms with Crippen molar-refractivity contribution in [1.29, 1.82) is 0 Å². The van der Waals surface area contributed by atoms with Gasteiger partial charge in [-0.2, -0.15) is 0 Å². The summed E-state index contributed by atoms with van der Waals surface area (Å²) in [5.74, 6) is -1.14. The van der Waals surface area contributed by atoms with Gasteiger partial charge in [-0.05, 0) is 29.0 Å². The maximum Gasteiger partial charge on any atom is 0.310 e. The van der Waals surface area contributed by atoms with Crippen LogP contribution in [0.5, 0.6) is 5.75 Å². The molecule has 0 aromatic heterocycles. The van der Waals surface area contributed by atoms with Gasteiger partial charge in [0.2, 0.25) is 0 Å². The Morgan fingerprint density at radius 1 is 1.19 bits per heavy atom. The van der Waals surface area contributed by atoms with Crippen LogP contribution >= 0.6 is 0 Å². The Balaban J connectivity index is 2.89. The lowest BCUT2D eigenvalue weighted by molar-refractivity contribution is -0.139. The number of aliphatic carboxylic acids is 1. The van der Waals surface area contributed by atoms with E-state index in [9.17, 15) is 15.0 Å². The van der Waals surface area contributed by atoms with E-state index in [1.807, 2.05) is 32.9 Å². The summed E-state index contributed by atoms with van der Waals surface area (Å²) >= 11 is 0. The Bertz CT molecular complexity index is 472. The van der Waals surface area contributed by atoms with Crippen molar-refractivity contribution in [3.05, 3.63) is 29.3 Å². The second-order valence-corrected chi connectivity index (χ2v) is 6.77. The molecule has 118 valence electrons. The maximum atomic E-state index is 11.5. The Kier molecular flexibility index (Phi) is 6.25. The lowest BCUT2D eigenvalue weighted by Gasteiger charge is -2.22. The Morgan fingerprint density at radius 3 is 2.33 bits per heavy atom. The average Bonchev–Trinajstić information content (AvgIpc) is 2.36. The standard InChI is InChI=1S/C18H28O3/c1-5-6-7-8-9-14(17(20)21)13-10-11-15(16(19)12-13)18(2,3)4/h10-12,14,19H,5-9H2,1-4H3,(H,20,21). The van der Waals surface area contributed by atoms with Gasteiger partial charge in [0, 0.05) is 0 Å². The highest BCUT2D eigenvalue weighted by Crippen LogP contribution is 2.34. The van der Waals surface area contributed by atoms with Gasteiger partial charge >= 0.3 is 5.97 Å². The molecule has 0 aliphatic heterocycles. The monoisotopic (exact) mass is 292 g/mol. The fourth-order valence-corrected chi connectivity index (χ4v) is 2.61. The van der Waals surface area contributed by atoms with E-state index in [2.05, 4.69) is 6.92 Å². The van der Waals surface area contributed by atoms with E-state index in [1.54, 1.807) is 6.07 Å². The summed E-state index contributed by atoms with van der Waals surface area (Å²) in [6.45, 7) is 8.22. The molecule has 3 nitrogen and oxygen atoms in total. The van der Waals surface area contributed by atoms with E-state index in [4.69, 9.17) is 0 Å². The predicted molar refractivity (Wildman–Crippen MR) is 85.9 cm³/mol. The summed E-state index contributed by atoms with van der Waals surface area (Å²) in [6, 6.07) is 5.32. The van der Waals surface area contributed by atoms with E-state index in [-0.39, 0.29) is 11.2 Å². The van der Waals surface area contributed by atoms with Crippen LogP contribution in [-0.4, -0.2) is 16.2 Å². The molecule has 1 rings (SSSR count). The van der Waals surface area contributed by atoms with Crippen molar-refractivity contribution in [3.63, 3.8) is 0 Å². The third kappa shape index (κ3) is 5.07. The Labute approximate surface area is 128 Å².